The molecule has 1 heterocycles. The van der Waals surface area contributed by atoms with Gasteiger partial charge in [0.05, 0.1) is 11.3 Å². The molecule has 0 bridgehead atoms. The fourth-order valence-electron chi connectivity index (χ4n) is 2.14. The van der Waals surface area contributed by atoms with Crippen LogP contribution in [0.1, 0.15) is 52.5 Å². The Labute approximate surface area is 152 Å². The molecule has 9 heteroatoms. The zero-order valence-electron chi connectivity index (χ0n) is 15.4. The van der Waals surface area contributed by atoms with Gasteiger partial charge < -0.3 is 5.32 Å². The molecule has 0 fully saturated rings. The Bertz CT molecular complexity index is 712. The second-order valence-corrected chi connectivity index (χ2v) is 9.76. The normalized spacial score (nSPS) is 13.1. The molecule has 0 aliphatic heterocycles. The third-order valence-corrected chi connectivity index (χ3v) is 6.67. The van der Waals surface area contributed by atoms with Crippen LogP contribution in [0, 0.1) is 5.92 Å². The summed E-state index contributed by atoms with van der Waals surface area (Å²) < 4.78 is 60.8. The lowest BCUT2D eigenvalue weighted by atomic mass is 10.1. The van der Waals surface area contributed by atoms with Crippen molar-refractivity contribution in [3.8, 4) is 0 Å². The number of aromatic nitrogens is 1. The Morgan fingerprint density at radius 1 is 1.19 bits per heavy atom. The van der Waals surface area contributed by atoms with E-state index in [0.717, 1.165) is 25.0 Å². The van der Waals surface area contributed by atoms with Crippen molar-refractivity contribution in [1.82, 2.24) is 4.98 Å². The van der Waals surface area contributed by atoms with Gasteiger partial charge in [-0.2, -0.15) is 13.2 Å². The number of amides is 1. The van der Waals surface area contributed by atoms with Crippen molar-refractivity contribution >= 4 is 21.6 Å². The van der Waals surface area contributed by atoms with Gasteiger partial charge >= 0.3 is 6.18 Å². The van der Waals surface area contributed by atoms with E-state index in [9.17, 15) is 26.4 Å². The number of carbonyl (C=O) groups is 1. The maximum absolute atomic E-state index is 12.5. The number of unbranched alkanes of at least 4 members (excludes halogenated alkanes) is 1. The number of pyridine rings is 1. The van der Waals surface area contributed by atoms with Gasteiger partial charge in [-0.25, -0.2) is 13.4 Å². The van der Waals surface area contributed by atoms with E-state index in [0.29, 0.717) is 18.5 Å². The maximum atomic E-state index is 12.5. The highest BCUT2D eigenvalue weighted by atomic mass is 32.2. The highest BCUT2D eigenvalue weighted by molar-refractivity contribution is 7.93. The fourth-order valence-corrected chi connectivity index (χ4v) is 3.57. The van der Waals surface area contributed by atoms with Crippen LogP contribution in [0.4, 0.5) is 19.0 Å². The number of sulfone groups is 1. The predicted octanol–water partition coefficient (Wildman–Crippen LogP) is 4.06. The third-order valence-electron chi connectivity index (χ3n) is 4.10. The minimum atomic E-state index is -4.53. The van der Waals surface area contributed by atoms with Crippen LogP contribution in [0.5, 0.6) is 0 Å². The van der Waals surface area contributed by atoms with Crippen molar-refractivity contribution in [1.29, 1.82) is 0 Å². The summed E-state index contributed by atoms with van der Waals surface area (Å²) >= 11 is 0. The highest BCUT2D eigenvalue weighted by Gasteiger charge is 2.41. The lowest BCUT2D eigenvalue weighted by Crippen LogP contribution is -2.45. The molecule has 0 aromatic carbocycles. The van der Waals surface area contributed by atoms with Gasteiger partial charge in [-0.05, 0) is 38.3 Å². The van der Waals surface area contributed by atoms with Crippen molar-refractivity contribution in [3.63, 3.8) is 0 Å². The average molecular weight is 394 g/mol. The number of anilines is 1. The molecule has 1 N–H and O–H groups in total. The summed E-state index contributed by atoms with van der Waals surface area (Å²) in [5.74, 6) is -0.611. The summed E-state index contributed by atoms with van der Waals surface area (Å²) in [7, 11) is -3.73. The largest absolute Gasteiger partial charge is 0.417 e. The van der Waals surface area contributed by atoms with Crippen LogP contribution in [-0.2, 0) is 20.8 Å². The van der Waals surface area contributed by atoms with E-state index < -0.39 is 32.2 Å². The number of hydrogen-bond donors (Lipinski definition) is 1. The summed E-state index contributed by atoms with van der Waals surface area (Å²) in [6.07, 6.45) is -1.85. The monoisotopic (exact) mass is 394 g/mol. The van der Waals surface area contributed by atoms with Gasteiger partial charge in [0, 0.05) is 6.20 Å². The van der Waals surface area contributed by atoms with Crippen molar-refractivity contribution in [2.45, 2.75) is 57.9 Å². The van der Waals surface area contributed by atoms with E-state index >= 15 is 0 Å². The zero-order chi connectivity index (χ0) is 20.2. The lowest BCUT2D eigenvalue weighted by molar-refractivity contribution is -0.137. The molecule has 0 aliphatic carbocycles. The van der Waals surface area contributed by atoms with E-state index in [4.69, 9.17) is 0 Å². The molecular weight excluding hydrogens is 369 g/mol. The summed E-state index contributed by atoms with van der Waals surface area (Å²) in [6.45, 7) is 6.65. The van der Waals surface area contributed by atoms with Gasteiger partial charge in [0.2, 0.25) is 5.91 Å². The van der Waals surface area contributed by atoms with Gasteiger partial charge in [0.15, 0.2) is 9.84 Å². The van der Waals surface area contributed by atoms with E-state index in [1.807, 2.05) is 13.8 Å². The predicted molar refractivity (Wildman–Crippen MR) is 94.4 cm³/mol. The molecule has 5 nitrogen and oxygen atoms in total. The number of alkyl halides is 3. The molecule has 0 spiro atoms. The molecule has 1 rings (SSSR count). The molecule has 0 atom stereocenters. The minimum absolute atomic E-state index is 0.124. The molecule has 0 aliphatic rings. The lowest BCUT2D eigenvalue weighted by Gasteiger charge is -2.23. The Balaban J connectivity index is 2.77. The number of carbonyl (C=O) groups excluding carboxylic acids is 1. The molecular formula is C17H25F3N2O3S. The first kappa shape index (κ1) is 22.4. The van der Waals surface area contributed by atoms with Crippen LogP contribution in [-0.4, -0.2) is 29.8 Å². The fraction of sp³-hybridized carbons (Fsp3) is 0.647. The molecule has 0 saturated heterocycles. The van der Waals surface area contributed by atoms with Crippen molar-refractivity contribution in [2.24, 2.45) is 5.92 Å². The standard InChI is InChI=1S/C17H25F3N2O3S/c1-12(2)7-5-6-10-26(24,25)16(3,4)15(23)22-14-9-8-13(11-21-14)17(18,19)20/h8-9,11-12H,5-7,10H2,1-4H3,(H,21,22,23). The molecule has 0 unspecified atom stereocenters. The van der Waals surface area contributed by atoms with Gasteiger partial charge in [-0.1, -0.05) is 26.7 Å². The number of nitrogens with zero attached hydrogens (tertiary/aromatic N) is 1. The first-order valence-corrected chi connectivity index (χ1v) is 9.99. The van der Waals surface area contributed by atoms with Gasteiger partial charge in [0.1, 0.15) is 10.6 Å². The van der Waals surface area contributed by atoms with Gasteiger partial charge in [-0.3, -0.25) is 4.79 Å². The quantitative estimate of drug-likeness (QED) is 0.675. The van der Waals surface area contributed by atoms with Crippen molar-refractivity contribution in [3.05, 3.63) is 23.9 Å². The Morgan fingerprint density at radius 2 is 1.81 bits per heavy atom. The first-order chi connectivity index (χ1) is 11.8. The summed E-state index contributed by atoms with van der Waals surface area (Å²) in [5.41, 5.74) is -0.951. The second-order valence-electron chi connectivity index (χ2n) is 7.10. The number of rotatable bonds is 8. The van der Waals surface area contributed by atoms with Crippen LogP contribution in [0.25, 0.3) is 0 Å². The molecule has 1 aromatic heterocycles. The number of halogens is 3. The van der Waals surface area contributed by atoms with E-state index in [1.54, 1.807) is 0 Å². The molecule has 0 radical (unpaired) electrons. The molecule has 148 valence electrons. The second kappa shape index (κ2) is 8.37. The van der Waals surface area contributed by atoms with Crippen LogP contribution in [0.15, 0.2) is 18.3 Å². The maximum Gasteiger partial charge on any atom is 0.417 e. The molecule has 26 heavy (non-hydrogen) atoms. The van der Waals surface area contributed by atoms with Crippen molar-refractivity contribution < 1.29 is 26.4 Å². The molecule has 1 amide bonds. The van der Waals surface area contributed by atoms with Gasteiger partial charge in [0.25, 0.3) is 0 Å². The summed E-state index contributed by atoms with van der Waals surface area (Å²) in [6, 6.07) is 1.77. The minimum Gasteiger partial charge on any atom is -0.309 e. The van der Waals surface area contributed by atoms with Crippen LogP contribution in [0.2, 0.25) is 0 Å². The Hall–Kier alpha value is -1.64. The van der Waals surface area contributed by atoms with E-state index in [1.165, 1.54) is 13.8 Å². The average Bonchev–Trinajstić information content (AvgIpc) is 2.50. The Morgan fingerprint density at radius 3 is 2.27 bits per heavy atom. The smallest absolute Gasteiger partial charge is 0.309 e. The SMILES string of the molecule is CC(C)CCCCS(=O)(=O)C(C)(C)C(=O)Nc1ccc(C(F)(F)F)cn1. The topological polar surface area (TPSA) is 76.1 Å². The van der Waals surface area contributed by atoms with Crippen LogP contribution >= 0.6 is 0 Å². The highest BCUT2D eigenvalue weighted by Crippen LogP contribution is 2.29. The van der Waals surface area contributed by atoms with Crippen LogP contribution < -0.4 is 5.32 Å². The Kier molecular flexibility index (Phi) is 7.21. The molecule has 1 aromatic rings. The molecule has 0 saturated carbocycles. The summed E-state index contributed by atoms with van der Waals surface area (Å²) in [4.78, 5) is 15.9. The van der Waals surface area contributed by atoms with Crippen LogP contribution in [0.3, 0.4) is 0 Å². The third kappa shape index (κ3) is 5.96. The number of nitrogens with one attached hydrogen (secondary N) is 1. The zero-order valence-corrected chi connectivity index (χ0v) is 16.2. The van der Waals surface area contributed by atoms with Crippen molar-refractivity contribution in [2.75, 3.05) is 11.1 Å². The number of hydrogen-bond acceptors (Lipinski definition) is 4. The summed E-state index contributed by atoms with van der Waals surface area (Å²) in [5, 5.41) is 2.28. The van der Waals surface area contributed by atoms with Gasteiger partial charge in [-0.15, -0.1) is 0 Å². The van der Waals surface area contributed by atoms with E-state index in [2.05, 4.69) is 10.3 Å². The van der Waals surface area contributed by atoms with E-state index in [-0.39, 0.29) is 11.6 Å². The first-order valence-electron chi connectivity index (χ1n) is 8.34.